The molecule has 0 spiro atoms. The minimum atomic E-state index is -0.934. The third-order valence-electron chi connectivity index (χ3n) is 4.13. The summed E-state index contributed by atoms with van der Waals surface area (Å²) in [4.78, 5) is 50.6. The fourth-order valence-electron chi connectivity index (χ4n) is 2.84. The third-order valence-corrected chi connectivity index (χ3v) is 4.13. The number of ether oxygens (including phenoxy) is 3. The van der Waals surface area contributed by atoms with Gasteiger partial charge < -0.3 is 19.1 Å². The molecular formula is C18H22N2O7. The van der Waals surface area contributed by atoms with Crippen molar-refractivity contribution in [3.05, 3.63) is 24.3 Å². The maximum atomic E-state index is 12.8. The Labute approximate surface area is 156 Å². The molecule has 2 rings (SSSR count). The van der Waals surface area contributed by atoms with Crippen LogP contribution in [-0.2, 0) is 28.7 Å². The second-order valence-corrected chi connectivity index (χ2v) is 5.95. The van der Waals surface area contributed by atoms with Crippen molar-refractivity contribution in [3.63, 3.8) is 0 Å². The number of imide groups is 1. The van der Waals surface area contributed by atoms with Gasteiger partial charge in [0, 0.05) is 28.1 Å². The molecule has 9 heteroatoms. The van der Waals surface area contributed by atoms with Gasteiger partial charge in [-0.2, -0.15) is 0 Å². The molecule has 0 saturated carbocycles. The molecule has 1 aliphatic rings. The lowest BCUT2D eigenvalue weighted by atomic mass is 10.2. The topological polar surface area (TPSA) is 102 Å². The quantitative estimate of drug-likeness (QED) is 0.298. The SMILES string of the molecule is COC(CN(C(C)=O)C1CC(=O)N(c2ccc(OC(C)=O)cc2)C1=O)OC. The Hall–Kier alpha value is -2.78. The van der Waals surface area contributed by atoms with Gasteiger partial charge in [-0.25, -0.2) is 4.90 Å². The highest BCUT2D eigenvalue weighted by atomic mass is 16.7. The summed E-state index contributed by atoms with van der Waals surface area (Å²) >= 11 is 0. The highest BCUT2D eigenvalue weighted by molar-refractivity contribution is 6.23. The summed E-state index contributed by atoms with van der Waals surface area (Å²) in [5, 5.41) is 0. The van der Waals surface area contributed by atoms with Gasteiger partial charge in [0.15, 0.2) is 6.29 Å². The normalized spacial score (nSPS) is 16.8. The van der Waals surface area contributed by atoms with E-state index in [0.29, 0.717) is 11.4 Å². The van der Waals surface area contributed by atoms with E-state index in [9.17, 15) is 19.2 Å². The summed E-state index contributed by atoms with van der Waals surface area (Å²) in [6, 6.07) is 5.04. The Morgan fingerprint density at radius 2 is 1.74 bits per heavy atom. The van der Waals surface area contributed by atoms with Crippen molar-refractivity contribution in [2.45, 2.75) is 32.6 Å². The number of anilines is 1. The molecule has 1 aliphatic heterocycles. The highest BCUT2D eigenvalue weighted by Gasteiger charge is 2.44. The van der Waals surface area contributed by atoms with Gasteiger partial charge in [0.1, 0.15) is 11.8 Å². The van der Waals surface area contributed by atoms with Gasteiger partial charge in [-0.05, 0) is 24.3 Å². The molecule has 1 atom stereocenters. The van der Waals surface area contributed by atoms with Crippen LogP contribution in [0.25, 0.3) is 0 Å². The average Bonchev–Trinajstić information content (AvgIpc) is 2.90. The van der Waals surface area contributed by atoms with Gasteiger partial charge in [0.05, 0.1) is 18.7 Å². The van der Waals surface area contributed by atoms with Crippen molar-refractivity contribution in [2.75, 3.05) is 25.7 Å². The minimum absolute atomic E-state index is 0.0191. The lowest BCUT2D eigenvalue weighted by Gasteiger charge is -2.29. The molecule has 27 heavy (non-hydrogen) atoms. The summed E-state index contributed by atoms with van der Waals surface area (Å²) in [5.41, 5.74) is 0.335. The molecule has 146 valence electrons. The first-order valence-electron chi connectivity index (χ1n) is 8.26. The van der Waals surface area contributed by atoms with Crippen molar-refractivity contribution in [1.82, 2.24) is 4.90 Å². The van der Waals surface area contributed by atoms with Crippen LogP contribution in [-0.4, -0.2) is 61.7 Å². The van der Waals surface area contributed by atoms with Crippen LogP contribution < -0.4 is 9.64 Å². The zero-order chi connectivity index (χ0) is 20.1. The van der Waals surface area contributed by atoms with E-state index in [0.717, 1.165) is 4.90 Å². The van der Waals surface area contributed by atoms with Crippen LogP contribution in [0.4, 0.5) is 5.69 Å². The number of amides is 3. The Morgan fingerprint density at radius 1 is 1.15 bits per heavy atom. The largest absolute Gasteiger partial charge is 0.427 e. The molecule has 0 N–H and O–H groups in total. The van der Waals surface area contributed by atoms with Crippen LogP contribution in [0.2, 0.25) is 0 Å². The number of methoxy groups -OCH3 is 2. The lowest BCUT2D eigenvalue weighted by Crippen LogP contribution is -2.48. The first-order valence-corrected chi connectivity index (χ1v) is 8.26. The van der Waals surface area contributed by atoms with Crippen LogP contribution in [0.1, 0.15) is 20.3 Å². The predicted molar refractivity (Wildman–Crippen MR) is 93.8 cm³/mol. The van der Waals surface area contributed by atoms with Gasteiger partial charge in [0.25, 0.3) is 5.91 Å². The number of hydrogen-bond donors (Lipinski definition) is 0. The van der Waals surface area contributed by atoms with Gasteiger partial charge >= 0.3 is 5.97 Å². The van der Waals surface area contributed by atoms with Crippen molar-refractivity contribution in [1.29, 1.82) is 0 Å². The van der Waals surface area contributed by atoms with Crippen molar-refractivity contribution in [2.24, 2.45) is 0 Å². The second-order valence-electron chi connectivity index (χ2n) is 5.95. The maximum Gasteiger partial charge on any atom is 0.308 e. The third kappa shape index (κ3) is 4.69. The standard InChI is InChI=1S/C18H22N2O7/c1-11(21)19(10-17(25-3)26-4)15-9-16(23)20(18(15)24)13-5-7-14(8-6-13)27-12(2)22/h5-8,15,17H,9-10H2,1-4H3. The summed E-state index contributed by atoms with van der Waals surface area (Å²) < 4.78 is 15.1. The molecule has 9 nitrogen and oxygen atoms in total. The van der Waals surface area contributed by atoms with Crippen molar-refractivity contribution < 1.29 is 33.4 Å². The van der Waals surface area contributed by atoms with Crippen molar-refractivity contribution >= 4 is 29.4 Å². The van der Waals surface area contributed by atoms with E-state index in [1.165, 1.54) is 57.2 Å². The van der Waals surface area contributed by atoms with Crippen LogP contribution in [0, 0.1) is 0 Å². The minimum Gasteiger partial charge on any atom is -0.427 e. The number of carbonyl (C=O) groups excluding carboxylic acids is 4. The molecule has 1 aromatic rings. The van der Waals surface area contributed by atoms with Gasteiger partial charge in [-0.1, -0.05) is 0 Å². The van der Waals surface area contributed by atoms with Gasteiger partial charge in [-0.3, -0.25) is 19.2 Å². The molecule has 1 unspecified atom stereocenters. The first kappa shape index (κ1) is 20.5. The van der Waals surface area contributed by atoms with Gasteiger partial charge in [0.2, 0.25) is 11.8 Å². The second kappa shape index (κ2) is 8.74. The first-order chi connectivity index (χ1) is 12.8. The number of hydrogen-bond acceptors (Lipinski definition) is 7. The summed E-state index contributed by atoms with van der Waals surface area (Å²) in [5.74, 6) is -1.48. The van der Waals surface area contributed by atoms with Crippen LogP contribution in [0.15, 0.2) is 24.3 Å². The number of nitrogens with zero attached hydrogens (tertiary/aromatic N) is 2. The monoisotopic (exact) mass is 378 g/mol. The molecule has 1 aromatic carbocycles. The number of esters is 1. The molecule has 0 radical (unpaired) electrons. The highest BCUT2D eigenvalue weighted by Crippen LogP contribution is 2.27. The van der Waals surface area contributed by atoms with Crippen molar-refractivity contribution in [3.8, 4) is 5.75 Å². The Balaban J connectivity index is 2.21. The number of benzene rings is 1. The fraction of sp³-hybridized carbons (Fsp3) is 0.444. The zero-order valence-electron chi connectivity index (χ0n) is 15.6. The van der Waals surface area contributed by atoms with E-state index in [4.69, 9.17) is 14.2 Å². The van der Waals surface area contributed by atoms with E-state index in [1.807, 2.05) is 0 Å². The van der Waals surface area contributed by atoms with Crippen LogP contribution in [0.3, 0.4) is 0 Å². The smallest absolute Gasteiger partial charge is 0.308 e. The molecule has 0 bridgehead atoms. The molecule has 1 saturated heterocycles. The number of rotatable bonds is 7. The molecule has 3 amide bonds. The van der Waals surface area contributed by atoms with E-state index in [2.05, 4.69) is 0 Å². The summed E-state index contributed by atoms with van der Waals surface area (Å²) in [7, 11) is 2.84. The maximum absolute atomic E-state index is 12.8. The Morgan fingerprint density at radius 3 is 2.22 bits per heavy atom. The number of carbonyl (C=O) groups is 4. The molecule has 0 aromatic heterocycles. The molecule has 0 aliphatic carbocycles. The Kier molecular flexibility index (Phi) is 6.65. The molecular weight excluding hydrogens is 356 g/mol. The molecule has 1 heterocycles. The predicted octanol–water partition coefficient (Wildman–Crippen LogP) is 0.711. The Bertz CT molecular complexity index is 728. The lowest BCUT2D eigenvalue weighted by molar-refractivity contribution is -0.150. The average molecular weight is 378 g/mol. The summed E-state index contributed by atoms with van der Waals surface area (Å²) in [6.07, 6.45) is -0.849. The van der Waals surface area contributed by atoms with Crippen LogP contribution in [0.5, 0.6) is 5.75 Å². The van der Waals surface area contributed by atoms with E-state index in [1.54, 1.807) is 0 Å². The molecule has 1 fully saturated rings. The van der Waals surface area contributed by atoms with Crippen LogP contribution >= 0.6 is 0 Å². The zero-order valence-corrected chi connectivity index (χ0v) is 15.6. The summed E-state index contributed by atoms with van der Waals surface area (Å²) in [6.45, 7) is 2.61. The van der Waals surface area contributed by atoms with E-state index >= 15 is 0 Å². The fourth-order valence-corrected chi connectivity index (χ4v) is 2.84. The van der Waals surface area contributed by atoms with Gasteiger partial charge in [-0.15, -0.1) is 0 Å². The van der Waals surface area contributed by atoms with E-state index in [-0.39, 0.29) is 18.9 Å². The van der Waals surface area contributed by atoms with E-state index < -0.39 is 30.1 Å².